The lowest BCUT2D eigenvalue weighted by molar-refractivity contribution is 0.0939. The van der Waals surface area contributed by atoms with Gasteiger partial charge in [-0.15, -0.1) is 0 Å². The highest BCUT2D eigenvalue weighted by molar-refractivity contribution is 9.10. The summed E-state index contributed by atoms with van der Waals surface area (Å²) in [4.78, 5) is 25.7. The Morgan fingerprint density at radius 1 is 0.967 bits per heavy atom. The summed E-state index contributed by atoms with van der Waals surface area (Å²) in [5.41, 5.74) is 1.32. The number of hydrogen-bond donors (Lipinski definition) is 1. The smallest absolute Gasteiger partial charge is 0.349 e. The minimum absolute atomic E-state index is 0.0699. The molecule has 30 heavy (non-hydrogen) atoms. The van der Waals surface area contributed by atoms with Crippen LogP contribution in [0.5, 0.6) is 5.75 Å². The quantitative estimate of drug-likeness (QED) is 0.418. The molecule has 1 aromatic heterocycles. The fourth-order valence-electron chi connectivity index (χ4n) is 3.34. The first-order chi connectivity index (χ1) is 14.6. The van der Waals surface area contributed by atoms with Crippen LogP contribution in [-0.4, -0.2) is 13.0 Å². The standard InChI is InChI=1S/C24H18BrNO4/c1-29-20-14-18(25)12-17-13-19(24(28)30-22(17)20)23(27)26-21(15-8-4-2-5-9-15)16-10-6-3-7-11-16/h2-14,21H,1H3,(H,26,27). The molecule has 0 saturated carbocycles. The number of ether oxygens (including phenoxy) is 1. The van der Waals surface area contributed by atoms with Gasteiger partial charge < -0.3 is 14.5 Å². The molecule has 4 aromatic rings. The summed E-state index contributed by atoms with van der Waals surface area (Å²) in [6.45, 7) is 0. The first-order valence-electron chi connectivity index (χ1n) is 9.29. The van der Waals surface area contributed by atoms with Crippen LogP contribution in [0.4, 0.5) is 0 Å². The van der Waals surface area contributed by atoms with Crippen molar-refractivity contribution in [3.05, 3.63) is 110 Å². The van der Waals surface area contributed by atoms with Crippen LogP contribution in [0.1, 0.15) is 27.5 Å². The minimum atomic E-state index is -0.722. The summed E-state index contributed by atoms with van der Waals surface area (Å²) in [5.74, 6) is -0.0998. The number of rotatable bonds is 5. The number of halogens is 1. The lowest BCUT2D eigenvalue weighted by Crippen LogP contribution is -2.32. The molecule has 1 heterocycles. The van der Waals surface area contributed by atoms with Gasteiger partial charge in [-0.2, -0.15) is 0 Å². The summed E-state index contributed by atoms with van der Waals surface area (Å²) < 4.78 is 11.5. The highest BCUT2D eigenvalue weighted by atomic mass is 79.9. The van der Waals surface area contributed by atoms with Crippen molar-refractivity contribution in [1.82, 2.24) is 5.32 Å². The molecular formula is C24H18BrNO4. The predicted octanol–water partition coefficient (Wildman–Crippen LogP) is 5.08. The van der Waals surface area contributed by atoms with Gasteiger partial charge in [-0.1, -0.05) is 76.6 Å². The van der Waals surface area contributed by atoms with Crippen LogP contribution in [0.25, 0.3) is 11.0 Å². The average Bonchev–Trinajstić information content (AvgIpc) is 2.78. The van der Waals surface area contributed by atoms with Crippen molar-refractivity contribution in [2.45, 2.75) is 6.04 Å². The summed E-state index contributed by atoms with van der Waals surface area (Å²) >= 11 is 3.41. The topological polar surface area (TPSA) is 68.5 Å². The van der Waals surface area contributed by atoms with Crippen molar-refractivity contribution in [3.63, 3.8) is 0 Å². The number of methoxy groups -OCH3 is 1. The summed E-state index contributed by atoms with van der Waals surface area (Å²) in [5, 5.41) is 3.56. The SMILES string of the molecule is COc1cc(Br)cc2cc(C(=O)NC(c3ccccc3)c3ccccc3)c(=O)oc12. The molecule has 0 unspecified atom stereocenters. The summed E-state index contributed by atoms with van der Waals surface area (Å²) in [6.07, 6.45) is 0. The van der Waals surface area contributed by atoms with Crippen molar-refractivity contribution in [1.29, 1.82) is 0 Å². The van der Waals surface area contributed by atoms with Crippen LogP contribution in [0, 0.1) is 0 Å². The molecule has 0 fully saturated rings. The summed E-state index contributed by atoms with van der Waals surface area (Å²) in [6, 6.07) is 23.8. The van der Waals surface area contributed by atoms with Crippen molar-refractivity contribution >= 4 is 32.8 Å². The van der Waals surface area contributed by atoms with E-state index in [0.29, 0.717) is 16.7 Å². The predicted molar refractivity (Wildman–Crippen MR) is 119 cm³/mol. The fraction of sp³-hybridized carbons (Fsp3) is 0.0833. The van der Waals surface area contributed by atoms with Crippen LogP contribution in [0.2, 0.25) is 0 Å². The van der Waals surface area contributed by atoms with E-state index < -0.39 is 17.6 Å². The Morgan fingerprint density at radius 3 is 2.13 bits per heavy atom. The van der Waals surface area contributed by atoms with Gasteiger partial charge in [0.1, 0.15) is 5.56 Å². The zero-order valence-corrected chi connectivity index (χ0v) is 17.7. The van der Waals surface area contributed by atoms with Crippen molar-refractivity contribution in [2.24, 2.45) is 0 Å². The van der Waals surface area contributed by atoms with E-state index in [2.05, 4.69) is 21.2 Å². The second-order valence-electron chi connectivity index (χ2n) is 6.70. The molecule has 0 bridgehead atoms. The molecular weight excluding hydrogens is 446 g/mol. The maximum atomic E-state index is 13.1. The molecule has 150 valence electrons. The first-order valence-corrected chi connectivity index (χ1v) is 10.1. The Kier molecular flexibility index (Phi) is 5.68. The molecule has 3 aromatic carbocycles. The molecule has 0 aliphatic carbocycles. The van der Waals surface area contributed by atoms with Crippen LogP contribution >= 0.6 is 15.9 Å². The molecule has 4 rings (SSSR count). The largest absolute Gasteiger partial charge is 0.493 e. The fourth-order valence-corrected chi connectivity index (χ4v) is 3.79. The van der Waals surface area contributed by atoms with Crippen LogP contribution in [-0.2, 0) is 0 Å². The number of hydrogen-bond acceptors (Lipinski definition) is 4. The molecule has 1 amide bonds. The average molecular weight is 464 g/mol. The van der Waals surface area contributed by atoms with Gasteiger partial charge in [0.2, 0.25) is 0 Å². The minimum Gasteiger partial charge on any atom is -0.493 e. The van der Waals surface area contributed by atoms with E-state index in [9.17, 15) is 9.59 Å². The van der Waals surface area contributed by atoms with Gasteiger partial charge in [0, 0.05) is 9.86 Å². The van der Waals surface area contributed by atoms with E-state index in [1.54, 1.807) is 12.1 Å². The second kappa shape index (κ2) is 8.55. The van der Waals surface area contributed by atoms with E-state index >= 15 is 0 Å². The van der Waals surface area contributed by atoms with Crippen LogP contribution in [0.3, 0.4) is 0 Å². The van der Waals surface area contributed by atoms with Gasteiger partial charge >= 0.3 is 5.63 Å². The zero-order chi connectivity index (χ0) is 21.1. The van der Waals surface area contributed by atoms with E-state index in [4.69, 9.17) is 9.15 Å². The normalized spacial score (nSPS) is 10.9. The van der Waals surface area contributed by atoms with Gasteiger partial charge in [0.25, 0.3) is 5.91 Å². The Balaban J connectivity index is 1.75. The van der Waals surface area contributed by atoms with E-state index in [0.717, 1.165) is 15.6 Å². The van der Waals surface area contributed by atoms with E-state index in [1.807, 2.05) is 60.7 Å². The van der Waals surface area contributed by atoms with Crippen LogP contribution < -0.4 is 15.7 Å². The van der Waals surface area contributed by atoms with Crippen molar-refractivity contribution < 1.29 is 13.9 Å². The van der Waals surface area contributed by atoms with Gasteiger partial charge in [-0.25, -0.2) is 4.79 Å². The van der Waals surface area contributed by atoms with E-state index in [-0.39, 0.29) is 5.56 Å². The zero-order valence-electron chi connectivity index (χ0n) is 16.1. The third-order valence-electron chi connectivity index (χ3n) is 4.77. The monoisotopic (exact) mass is 463 g/mol. The maximum absolute atomic E-state index is 13.1. The number of nitrogens with one attached hydrogen (secondary N) is 1. The Morgan fingerprint density at radius 2 is 1.57 bits per heavy atom. The lowest BCUT2D eigenvalue weighted by atomic mass is 9.98. The van der Waals surface area contributed by atoms with Gasteiger partial charge in [0.05, 0.1) is 13.2 Å². The molecule has 0 radical (unpaired) electrons. The molecule has 6 heteroatoms. The highest BCUT2D eigenvalue weighted by Gasteiger charge is 2.21. The Hall–Kier alpha value is -3.38. The summed E-state index contributed by atoms with van der Waals surface area (Å²) in [7, 11) is 1.49. The van der Waals surface area contributed by atoms with Gasteiger partial charge in [-0.05, 0) is 29.3 Å². The number of fused-ring (bicyclic) bond motifs is 1. The molecule has 0 saturated heterocycles. The Bertz CT molecular complexity index is 1210. The molecule has 5 nitrogen and oxygen atoms in total. The number of benzene rings is 3. The lowest BCUT2D eigenvalue weighted by Gasteiger charge is -2.19. The molecule has 1 N–H and O–H groups in total. The first kappa shape index (κ1) is 19.9. The molecule has 0 spiro atoms. The van der Waals surface area contributed by atoms with Crippen molar-refractivity contribution in [3.8, 4) is 5.75 Å². The maximum Gasteiger partial charge on any atom is 0.349 e. The van der Waals surface area contributed by atoms with Crippen molar-refractivity contribution in [2.75, 3.05) is 7.11 Å². The second-order valence-corrected chi connectivity index (χ2v) is 7.62. The Labute approximate surface area is 181 Å². The third-order valence-corrected chi connectivity index (χ3v) is 5.23. The van der Waals surface area contributed by atoms with E-state index in [1.165, 1.54) is 13.2 Å². The molecule has 0 atom stereocenters. The number of carbonyl (C=O) groups is 1. The van der Waals surface area contributed by atoms with Crippen LogP contribution in [0.15, 0.2) is 92.5 Å². The number of carbonyl (C=O) groups excluding carboxylic acids is 1. The molecule has 0 aliphatic heterocycles. The van der Waals surface area contributed by atoms with Gasteiger partial charge in [0.15, 0.2) is 11.3 Å². The molecule has 0 aliphatic rings. The third kappa shape index (κ3) is 4.00. The van der Waals surface area contributed by atoms with Gasteiger partial charge in [-0.3, -0.25) is 4.79 Å². The number of amides is 1. The highest BCUT2D eigenvalue weighted by Crippen LogP contribution is 2.30.